The molecule has 180 valence electrons. The van der Waals surface area contributed by atoms with Crippen molar-refractivity contribution in [2.75, 3.05) is 19.6 Å². The third-order valence-electron chi connectivity index (χ3n) is 5.10. The fraction of sp³-hybridized carbons (Fsp3) is 0.800. The number of hydrogen-bond acceptors (Lipinski definition) is 7. The van der Waals surface area contributed by atoms with Crippen LogP contribution < -0.4 is 33.2 Å². The molecule has 0 spiro atoms. The van der Waals surface area contributed by atoms with Gasteiger partial charge >= 0.3 is 5.97 Å². The second-order valence-corrected chi connectivity index (χ2v) is 7.72. The molecule has 0 aliphatic rings. The number of unbranched alkanes of at least 4 members (excludes halogenated alkanes) is 2. The van der Waals surface area contributed by atoms with Crippen LogP contribution in [-0.4, -0.2) is 66.6 Å². The number of nitrogens with two attached hydrogens (primary N) is 3. The lowest BCUT2D eigenvalue weighted by Gasteiger charge is -2.25. The molecule has 0 saturated heterocycles. The smallest absolute Gasteiger partial charge is 0.326 e. The van der Waals surface area contributed by atoms with Gasteiger partial charge in [-0.25, -0.2) is 4.79 Å². The highest BCUT2D eigenvalue weighted by Gasteiger charge is 2.28. The Morgan fingerprint density at radius 1 is 0.903 bits per heavy atom. The molecule has 0 heterocycles. The minimum Gasteiger partial charge on any atom is -0.480 e. The van der Waals surface area contributed by atoms with Crippen LogP contribution in [0.1, 0.15) is 58.8 Å². The van der Waals surface area contributed by atoms with Gasteiger partial charge in [-0.2, -0.15) is 0 Å². The van der Waals surface area contributed by atoms with E-state index in [9.17, 15) is 24.3 Å². The summed E-state index contributed by atoms with van der Waals surface area (Å²) in [6.45, 7) is 4.25. The summed E-state index contributed by atoms with van der Waals surface area (Å²) >= 11 is 0. The van der Waals surface area contributed by atoms with Crippen molar-refractivity contribution in [2.24, 2.45) is 23.1 Å². The van der Waals surface area contributed by atoms with Gasteiger partial charge in [-0.15, -0.1) is 0 Å². The molecule has 0 aliphatic heterocycles. The maximum absolute atomic E-state index is 12.6. The first kappa shape index (κ1) is 28.8. The summed E-state index contributed by atoms with van der Waals surface area (Å²) in [5.41, 5.74) is 16.7. The van der Waals surface area contributed by atoms with Crippen LogP contribution in [0.3, 0.4) is 0 Å². The van der Waals surface area contributed by atoms with Crippen molar-refractivity contribution < 1.29 is 24.3 Å². The first-order valence-corrected chi connectivity index (χ1v) is 10.9. The van der Waals surface area contributed by atoms with Gasteiger partial charge < -0.3 is 38.3 Å². The maximum atomic E-state index is 12.6. The summed E-state index contributed by atoms with van der Waals surface area (Å²) in [7, 11) is 0. The monoisotopic (exact) mass is 444 g/mol. The van der Waals surface area contributed by atoms with Gasteiger partial charge in [-0.3, -0.25) is 14.4 Å². The normalized spacial score (nSPS) is 14.7. The number of carbonyl (C=O) groups is 4. The lowest BCUT2D eigenvalue weighted by Crippen LogP contribution is -2.55. The molecule has 11 nitrogen and oxygen atoms in total. The van der Waals surface area contributed by atoms with Crippen LogP contribution in [0.4, 0.5) is 0 Å². The number of amides is 3. The summed E-state index contributed by atoms with van der Waals surface area (Å²) < 4.78 is 0. The van der Waals surface area contributed by atoms with Gasteiger partial charge in [-0.05, 0) is 51.1 Å². The number of hydrogen-bond donors (Lipinski definition) is 7. The van der Waals surface area contributed by atoms with E-state index in [0.717, 1.165) is 6.42 Å². The van der Waals surface area contributed by atoms with Crippen LogP contribution in [0.2, 0.25) is 0 Å². The molecular weight excluding hydrogens is 404 g/mol. The molecule has 0 radical (unpaired) electrons. The Bertz CT molecular complexity index is 574. The Labute approximate surface area is 184 Å². The molecule has 3 amide bonds. The Balaban J connectivity index is 4.77. The van der Waals surface area contributed by atoms with Gasteiger partial charge in [0.05, 0.1) is 12.6 Å². The first-order valence-electron chi connectivity index (χ1n) is 10.9. The zero-order valence-corrected chi connectivity index (χ0v) is 18.7. The van der Waals surface area contributed by atoms with Gasteiger partial charge in [0.1, 0.15) is 12.1 Å². The minimum absolute atomic E-state index is 0.189. The predicted octanol–water partition coefficient (Wildman–Crippen LogP) is -1.21. The van der Waals surface area contributed by atoms with E-state index in [-0.39, 0.29) is 12.3 Å². The van der Waals surface area contributed by atoms with E-state index in [1.807, 2.05) is 13.8 Å². The average Bonchev–Trinajstić information content (AvgIpc) is 2.74. The number of carbonyl (C=O) groups excluding carboxylic acids is 3. The predicted molar refractivity (Wildman–Crippen MR) is 118 cm³/mol. The molecule has 31 heavy (non-hydrogen) atoms. The molecule has 11 heteroatoms. The quantitative estimate of drug-likeness (QED) is 0.135. The largest absolute Gasteiger partial charge is 0.480 e. The molecule has 0 saturated carbocycles. The zero-order valence-electron chi connectivity index (χ0n) is 18.7. The number of carboxylic acid groups (broad SMARTS) is 1. The first-order chi connectivity index (χ1) is 14.7. The lowest BCUT2D eigenvalue weighted by molar-refractivity contribution is -0.142. The van der Waals surface area contributed by atoms with E-state index in [1.165, 1.54) is 0 Å². The van der Waals surface area contributed by atoms with Crippen molar-refractivity contribution in [3.63, 3.8) is 0 Å². The third kappa shape index (κ3) is 12.3. The van der Waals surface area contributed by atoms with Gasteiger partial charge in [-0.1, -0.05) is 26.7 Å². The van der Waals surface area contributed by atoms with Gasteiger partial charge in [0.2, 0.25) is 17.7 Å². The van der Waals surface area contributed by atoms with E-state index >= 15 is 0 Å². The fourth-order valence-electron chi connectivity index (χ4n) is 2.87. The topological polar surface area (TPSA) is 203 Å². The van der Waals surface area contributed by atoms with Crippen molar-refractivity contribution in [3.8, 4) is 0 Å². The number of carboxylic acids is 1. The van der Waals surface area contributed by atoms with Crippen molar-refractivity contribution in [2.45, 2.75) is 76.9 Å². The summed E-state index contributed by atoms with van der Waals surface area (Å²) in [5.74, 6) is -2.92. The van der Waals surface area contributed by atoms with E-state index in [1.54, 1.807) is 0 Å². The van der Waals surface area contributed by atoms with Crippen LogP contribution in [0, 0.1) is 5.92 Å². The Morgan fingerprint density at radius 2 is 1.48 bits per heavy atom. The van der Waals surface area contributed by atoms with Gasteiger partial charge in [0.25, 0.3) is 0 Å². The van der Waals surface area contributed by atoms with Crippen LogP contribution >= 0.6 is 0 Å². The van der Waals surface area contributed by atoms with E-state index in [2.05, 4.69) is 16.0 Å². The van der Waals surface area contributed by atoms with Gasteiger partial charge in [0.15, 0.2) is 0 Å². The van der Waals surface area contributed by atoms with E-state index in [0.29, 0.717) is 45.2 Å². The molecule has 4 atom stereocenters. The van der Waals surface area contributed by atoms with E-state index < -0.39 is 48.4 Å². The minimum atomic E-state index is -1.15. The highest BCUT2D eigenvalue weighted by Crippen LogP contribution is 2.09. The third-order valence-corrected chi connectivity index (χ3v) is 5.10. The van der Waals surface area contributed by atoms with Crippen molar-refractivity contribution >= 4 is 23.7 Å². The highest BCUT2D eigenvalue weighted by atomic mass is 16.4. The molecular formula is C20H40N6O5. The van der Waals surface area contributed by atoms with Crippen molar-refractivity contribution in [3.05, 3.63) is 0 Å². The summed E-state index contributed by atoms with van der Waals surface area (Å²) in [4.78, 5) is 48.3. The van der Waals surface area contributed by atoms with Crippen LogP contribution in [0.25, 0.3) is 0 Å². The Hall–Kier alpha value is -2.24. The summed E-state index contributed by atoms with van der Waals surface area (Å²) in [6, 6.07) is -2.66. The molecule has 10 N–H and O–H groups in total. The average molecular weight is 445 g/mol. The second-order valence-electron chi connectivity index (χ2n) is 7.72. The van der Waals surface area contributed by atoms with Gasteiger partial charge in [0, 0.05) is 0 Å². The number of nitrogens with one attached hydrogen (secondary N) is 3. The SMILES string of the molecule is CCC(C)C(NC(=O)C(N)CCCCN)C(=O)NCC(=O)NC(CCCCN)C(=O)O. The maximum Gasteiger partial charge on any atom is 0.326 e. The van der Waals surface area contributed by atoms with Crippen molar-refractivity contribution in [1.29, 1.82) is 0 Å². The highest BCUT2D eigenvalue weighted by molar-refractivity contribution is 5.92. The fourth-order valence-corrected chi connectivity index (χ4v) is 2.87. The van der Waals surface area contributed by atoms with E-state index in [4.69, 9.17) is 17.2 Å². The molecule has 0 aromatic rings. The molecule has 0 fully saturated rings. The zero-order chi connectivity index (χ0) is 23.8. The van der Waals surface area contributed by atoms with Crippen LogP contribution in [0.5, 0.6) is 0 Å². The molecule has 0 aromatic carbocycles. The standard InChI is InChI=1S/C20H40N6O5/c1-3-13(2)17(26-18(28)14(23)8-4-6-10-21)19(29)24-12-16(27)25-15(20(30)31)9-5-7-11-22/h13-15,17H,3-12,21-23H2,1-2H3,(H,24,29)(H,25,27)(H,26,28)(H,30,31). The summed E-state index contributed by atoms with van der Waals surface area (Å²) in [5, 5.41) is 16.7. The lowest BCUT2D eigenvalue weighted by atomic mass is 9.97. The Kier molecular flexibility index (Phi) is 15.3. The van der Waals surface area contributed by atoms with Crippen LogP contribution in [0.15, 0.2) is 0 Å². The molecule has 0 aromatic heterocycles. The van der Waals surface area contributed by atoms with Crippen molar-refractivity contribution in [1.82, 2.24) is 16.0 Å². The molecule has 0 bridgehead atoms. The molecule has 4 unspecified atom stereocenters. The number of aliphatic carboxylic acids is 1. The molecule has 0 aliphatic carbocycles. The molecule has 0 rings (SSSR count). The Morgan fingerprint density at radius 3 is 2.00 bits per heavy atom. The second kappa shape index (κ2) is 16.5. The number of rotatable bonds is 17. The van der Waals surface area contributed by atoms with Crippen LogP contribution in [-0.2, 0) is 19.2 Å². The summed E-state index contributed by atoms with van der Waals surface area (Å²) in [6.07, 6.45) is 4.02.